The summed E-state index contributed by atoms with van der Waals surface area (Å²) in [6.45, 7) is 0.388. The van der Waals surface area contributed by atoms with Crippen molar-refractivity contribution in [3.05, 3.63) is 96.2 Å². The summed E-state index contributed by atoms with van der Waals surface area (Å²) >= 11 is 0. The maximum absolute atomic E-state index is 12.3. The molecule has 0 aliphatic heterocycles. The Hall–Kier alpha value is -3.86. The number of rotatable bonds is 6. The van der Waals surface area contributed by atoms with E-state index >= 15 is 0 Å². The van der Waals surface area contributed by atoms with Gasteiger partial charge >= 0.3 is 5.97 Å². The van der Waals surface area contributed by atoms with Gasteiger partial charge in [0.1, 0.15) is 12.4 Å². The van der Waals surface area contributed by atoms with Crippen molar-refractivity contribution in [3.63, 3.8) is 0 Å². The Kier molecular flexibility index (Phi) is 5.61. The van der Waals surface area contributed by atoms with Crippen molar-refractivity contribution < 1.29 is 14.3 Å². The molecule has 0 aliphatic carbocycles. The molecule has 0 saturated heterocycles. The van der Waals surface area contributed by atoms with E-state index in [4.69, 9.17) is 9.47 Å². The summed E-state index contributed by atoms with van der Waals surface area (Å²) in [5.74, 6) is 0.0891. The summed E-state index contributed by atoms with van der Waals surface area (Å²) in [4.78, 5) is 18.9. The van der Waals surface area contributed by atoms with Crippen LogP contribution in [-0.4, -0.2) is 25.1 Å². The highest BCUT2D eigenvalue weighted by atomic mass is 16.5. The van der Waals surface area contributed by atoms with Crippen LogP contribution in [0.1, 0.15) is 16.1 Å². The number of carbonyl (C=O) groups excluding carboxylic acids is 1. The molecule has 4 rings (SSSR count). The van der Waals surface area contributed by atoms with Gasteiger partial charge in [-0.3, -0.25) is 0 Å². The third-order valence-corrected chi connectivity index (χ3v) is 4.92. The van der Waals surface area contributed by atoms with Gasteiger partial charge in [-0.1, -0.05) is 54.6 Å². The van der Waals surface area contributed by atoms with Gasteiger partial charge in [-0.05, 0) is 29.8 Å². The molecule has 0 amide bonds. The van der Waals surface area contributed by atoms with Crippen molar-refractivity contribution >= 4 is 28.2 Å². The number of benzene rings is 3. The van der Waals surface area contributed by atoms with E-state index in [0.29, 0.717) is 17.9 Å². The van der Waals surface area contributed by atoms with Crippen molar-refractivity contribution in [1.29, 1.82) is 0 Å². The second-order valence-electron chi connectivity index (χ2n) is 6.84. The first-order chi connectivity index (χ1) is 14.7. The number of nitrogens with zero attached hydrogens (tertiary/aromatic N) is 2. The van der Waals surface area contributed by atoms with Crippen molar-refractivity contribution in [2.24, 2.45) is 0 Å². The normalized spacial score (nSPS) is 10.6. The Labute approximate surface area is 175 Å². The van der Waals surface area contributed by atoms with Crippen LogP contribution in [0.5, 0.6) is 5.75 Å². The molecule has 0 saturated carbocycles. The molecule has 0 atom stereocenters. The highest BCUT2D eigenvalue weighted by Crippen LogP contribution is 2.35. The van der Waals surface area contributed by atoms with E-state index in [2.05, 4.69) is 4.98 Å². The zero-order valence-corrected chi connectivity index (χ0v) is 16.9. The number of ether oxygens (including phenoxy) is 2. The zero-order valence-electron chi connectivity index (χ0n) is 16.9. The predicted molar refractivity (Wildman–Crippen MR) is 118 cm³/mol. The average Bonchev–Trinajstić information content (AvgIpc) is 2.82. The summed E-state index contributed by atoms with van der Waals surface area (Å²) in [5.41, 5.74) is 3.81. The minimum absolute atomic E-state index is 0.210. The fraction of sp³-hybridized carbons (Fsp3) is 0.120. The van der Waals surface area contributed by atoms with E-state index in [-0.39, 0.29) is 5.69 Å². The van der Waals surface area contributed by atoms with Crippen LogP contribution in [0.15, 0.2) is 84.9 Å². The molecule has 3 aromatic carbocycles. The van der Waals surface area contributed by atoms with Crippen molar-refractivity contribution in [1.82, 2.24) is 4.98 Å². The monoisotopic (exact) mass is 398 g/mol. The Morgan fingerprint density at radius 1 is 0.933 bits per heavy atom. The number of methoxy groups -OCH3 is 1. The van der Waals surface area contributed by atoms with Gasteiger partial charge in [0, 0.05) is 24.2 Å². The largest absolute Gasteiger partial charge is 0.488 e. The number of hydrogen-bond acceptors (Lipinski definition) is 5. The lowest BCUT2D eigenvalue weighted by molar-refractivity contribution is 0.0594. The van der Waals surface area contributed by atoms with Gasteiger partial charge in [0.25, 0.3) is 0 Å². The van der Waals surface area contributed by atoms with Gasteiger partial charge in [0.15, 0.2) is 5.69 Å². The summed E-state index contributed by atoms with van der Waals surface area (Å²) in [7, 11) is 3.32. The molecular weight excluding hydrogens is 376 g/mol. The predicted octanol–water partition coefficient (Wildman–Crippen LogP) is 5.37. The molecule has 0 unspecified atom stereocenters. The van der Waals surface area contributed by atoms with Crippen LogP contribution < -0.4 is 9.64 Å². The van der Waals surface area contributed by atoms with Gasteiger partial charge < -0.3 is 14.4 Å². The average molecular weight is 398 g/mol. The van der Waals surface area contributed by atoms with E-state index in [1.54, 1.807) is 6.07 Å². The molecule has 5 nitrogen and oxygen atoms in total. The van der Waals surface area contributed by atoms with Crippen molar-refractivity contribution in [3.8, 4) is 5.75 Å². The molecular formula is C25H22N2O3. The maximum Gasteiger partial charge on any atom is 0.356 e. The van der Waals surface area contributed by atoms with Gasteiger partial charge in [-0.25, -0.2) is 9.78 Å². The molecule has 0 bridgehead atoms. The van der Waals surface area contributed by atoms with Crippen LogP contribution in [0, 0.1) is 0 Å². The molecule has 0 N–H and O–H groups in total. The Bertz CT molecular complexity index is 1160. The molecule has 4 aromatic rings. The van der Waals surface area contributed by atoms with Gasteiger partial charge in [-0.15, -0.1) is 0 Å². The second-order valence-corrected chi connectivity index (χ2v) is 6.84. The molecule has 0 radical (unpaired) electrons. The zero-order chi connectivity index (χ0) is 20.9. The summed E-state index contributed by atoms with van der Waals surface area (Å²) in [6, 6.07) is 27.4. The third kappa shape index (κ3) is 3.96. The highest BCUT2D eigenvalue weighted by Gasteiger charge is 2.17. The highest BCUT2D eigenvalue weighted by molar-refractivity contribution is 6.00. The molecule has 0 aliphatic rings. The van der Waals surface area contributed by atoms with Crippen LogP contribution in [-0.2, 0) is 11.3 Å². The third-order valence-electron chi connectivity index (χ3n) is 4.92. The summed E-state index contributed by atoms with van der Waals surface area (Å²) in [5, 5.41) is 0.832. The van der Waals surface area contributed by atoms with Gasteiger partial charge in [0.05, 0.1) is 18.3 Å². The number of hydrogen-bond donors (Lipinski definition) is 0. The van der Waals surface area contributed by atoms with E-state index in [1.165, 1.54) is 7.11 Å². The molecule has 0 spiro atoms. The molecule has 0 fully saturated rings. The van der Waals surface area contributed by atoms with Crippen LogP contribution in [0.2, 0.25) is 0 Å². The van der Waals surface area contributed by atoms with Crippen LogP contribution >= 0.6 is 0 Å². The first-order valence-corrected chi connectivity index (χ1v) is 9.65. The van der Waals surface area contributed by atoms with E-state index < -0.39 is 5.97 Å². The molecule has 30 heavy (non-hydrogen) atoms. The molecule has 1 aromatic heterocycles. The summed E-state index contributed by atoms with van der Waals surface area (Å²) in [6.07, 6.45) is 0. The quantitative estimate of drug-likeness (QED) is 0.409. The lowest BCUT2D eigenvalue weighted by Crippen LogP contribution is -2.12. The van der Waals surface area contributed by atoms with Crippen LogP contribution in [0.3, 0.4) is 0 Å². The fourth-order valence-corrected chi connectivity index (χ4v) is 3.33. The smallest absolute Gasteiger partial charge is 0.356 e. The first kappa shape index (κ1) is 19.5. The summed E-state index contributed by atoms with van der Waals surface area (Å²) < 4.78 is 11.0. The lowest BCUT2D eigenvalue weighted by atomic mass is 10.1. The lowest BCUT2D eigenvalue weighted by Gasteiger charge is -2.22. The number of anilines is 2. The van der Waals surface area contributed by atoms with Crippen molar-refractivity contribution in [2.45, 2.75) is 6.61 Å². The maximum atomic E-state index is 12.3. The Balaban J connectivity index is 1.81. The number of para-hydroxylation sites is 2. The number of carbonyl (C=O) groups is 1. The van der Waals surface area contributed by atoms with Crippen LogP contribution in [0.25, 0.3) is 10.9 Å². The number of aromatic nitrogens is 1. The Morgan fingerprint density at radius 2 is 1.63 bits per heavy atom. The van der Waals surface area contributed by atoms with E-state index in [9.17, 15) is 4.79 Å². The minimum atomic E-state index is -0.501. The van der Waals surface area contributed by atoms with E-state index in [0.717, 1.165) is 22.3 Å². The molecule has 5 heteroatoms. The van der Waals surface area contributed by atoms with E-state index in [1.807, 2.05) is 90.8 Å². The first-order valence-electron chi connectivity index (χ1n) is 9.65. The number of fused-ring (bicyclic) bond motifs is 1. The number of pyridine rings is 1. The second kappa shape index (κ2) is 8.66. The SMILES string of the molecule is COC(=O)c1cc(OCc2ccccc2)c2cccc(N(C)c3ccccc3)c2n1. The Morgan fingerprint density at radius 3 is 2.33 bits per heavy atom. The topological polar surface area (TPSA) is 51.7 Å². The molecule has 150 valence electrons. The fourth-order valence-electron chi connectivity index (χ4n) is 3.33. The molecule has 1 heterocycles. The van der Waals surface area contributed by atoms with Gasteiger partial charge in [-0.2, -0.15) is 0 Å². The minimum Gasteiger partial charge on any atom is -0.488 e. The number of esters is 1. The standard InChI is InChI=1S/C25H22N2O3/c1-27(19-12-7-4-8-13-19)22-15-9-14-20-23(30-17-18-10-5-3-6-11-18)16-21(25(28)29-2)26-24(20)22/h3-16H,17H2,1-2H3. The van der Waals surface area contributed by atoms with Crippen LogP contribution in [0.4, 0.5) is 11.4 Å². The van der Waals surface area contributed by atoms with Gasteiger partial charge in [0.2, 0.25) is 0 Å². The van der Waals surface area contributed by atoms with Crippen molar-refractivity contribution in [2.75, 3.05) is 19.1 Å².